The number of benzene rings is 2. The van der Waals surface area contributed by atoms with Gasteiger partial charge in [-0.3, -0.25) is 14.4 Å². The molecule has 2 N–H and O–H groups in total. The molecule has 0 aliphatic carbocycles. The average Bonchev–Trinajstić information content (AvgIpc) is 2.75. The summed E-state index contributed by atoms with van der Waals surface area (Å²) < 4.78 is 10.0. The first kappa shape index (κ1) is 26.2. The van der Waals surface area contributed by atoms with Gasteiger partial charge in [0.1, 0.15) is 0 Å². The van der Waals surface area contributed by atoms with Gasteiger partial charge in [0, 0.05) is 23.6 Å². The van der Waals surface area contributed by atoms with Crippen LogP contribution in [0, 0.1) is 0 Å². The summed E-state index contributed by atoms with van der Waals surface area (Å²) >= 11 is 11.8. The molecule has 2 aromatic rings. The van der Waals surface area contributed by atoms with Crippen molar-refractivity contribution in [2.75, 3.05) is 17.2 Å². The lowest BCUT2D eigenvalue weighted by Crippen LogP contribution is -2.21. The van der Waals surface area contributed by atoms with E-state index in [0.29, 0.717) is 27.0 Å². The monoisotopic (exact) mass is 494 g/mol. The Labute approximate surface area is 201 Å². The zero-order valence-electron chi connectivity index (χ0n) is 18.2. The average molecular weight is 495 g/mol. The molecule has 0 atom stereocenters. The Morgan fingerprint density at radius 1 is 0.909 bits per heavy atom. The molecule has 10 heteroatoms. The zero-order valence-corrected chi connectivity index (χ0v) is 19.7. The summed E-state index contributed by atoms with van der Waals surface area (Å²) in [5.41, 5.74) is 1.21. The van der Waals surface area contributed by atoms with Crippen LogP contribution >= 0.6 is 23.2 Å². The fraction of sp³-hybridized carbons (Fsp3) is 0.304. The van der Waals surface area contributed by atoms with Crippen LogP contribution in [0.1, 0.15) is 43.5 Å². The summed E-state index contributed by atoms with van der Waals surface area (Å²) in [5.74, 6) is -1.91. The molecule has 2 aromatic carbocycles. The van der Waals surface area contributed by atoms with Gasteiger partial charge in [0.2, 0.25) is 5.91 Å². The van der Waals surface area contributed by atoms with Crippen LogP contribution in [0.25, 0.3) is 0 Å². The van der Waals surface area contributed by atoms with Crippen LogP contribution in [0.3, 0.4) is 0 Å². The van der Waals surface area contributed by atoms with Gasteiger partial charge >= 0.3 is 11.9 Å². The molecule has 0 saturated carbocycles. The number of hydrogen-bond acceptors (Lipinski definition) is 6. The van der Waals surface area contributed by atoms with Crippen molar-refractivity contribution in [3.8, 4) is 0 Å². The van der Waals surface area contributed by atoms with Crippen LogP contribution < -0.4 is 10.6 Å². The second kappa shape index (κ2) is 12.8. The number of anilines is 2. The van der Waals surface area contributed by atoms with Crippen molar-refractivity contribution in [1.82, 2.24) is 0 Å². The molecule has 0 aromatic heterocycles. The smallest absolute Gasteiger partial charge is 0.338 e. The highest BCUT2D eigenvalue weighted by atomic mass is 35.5. The normalized spacial score (nSPS) is 10.5. The Hall–Kier alpha value is -3.10. The van der Waals surface area contributed by atoms with Crippen molar-refractivity contribution in [3.05, 3.63) is 58.1 Å². The van der Waals surface area contributed by atoms with Crippen LogP contribution in [0.5, 0.6) is 0 Å². The van der Waals surface area contributed by atoms with E-state index in [-0.39, 0.29) is 31.3 Å². The van der Waals surface area contributed by atoms with Crippen molar-refractivity contribution in [2.45, 2.75) is 39.2 Å². The van der Waals surface area contributed by atoms with Crippen molar-refractivity contribution >= 4 is 58.3 Å². The Morgan fingerprint density at radius 2 is 1.61 bits per heavy atom. The number of rotatable bonds is 10. The quantitative estimate of drug-likeness (QED) is 0.456. The third-order valence-electron chi connectivity index (χ3n) is 4.10. The van der Waals surface area contributed by atoms with E-state index < -0.39 is 24.5 Å². The van der Waals surface area contributed by atoms with Gasteiger partial charge in [0.05, 0.1) is 22.4 Å². The highest BCUT2D eigenvalue weighted by molar-refractivity contribution is 6.35. The first-order valence-electron chi connectivity index (χ1n) is 10.2. The standard InChI is InChI=1S/C23H24Cl2N2O6/c1-14(2)33-23(31)15-6-9-17(10-7-15)26-20(28)4-3-5-22(30)32-13-21(29)27-19-12-16(24)8-11-18(19)25/h6-12,14H,3-5,13H2,1-2H3,(H,26,28)(H,27,29). The molecule has 0 fully saturated rings. The molecule has 0 aliphatic rings. The summed E-state index contributed by atoms with van der Waals surface area (Å²) in [6, 6.07) is 10.9. The number of halogens is 2. The maximum Gasteiger partial charge on any atom is 0.338 e. The van der Waals surface area contributed by atoms with Gasteiger partial charge in [0.25, 0.3) is 5.91 Å². The lowest BCUT2D eigenvalue weighted by molar-refractivity contribution is -0.147. The maximum absolute atomic E-state index is 12.0. The summed E-state index contributed by atoms with van der Waals surface area (Å²) in [5, 5.41) is 5.88. The van der Waals surface area contributed by atoms with E-state index in [2.05, 4.69) is 10.6 Å². The highest BCUT2D eigenvalue weighted by Crippen LogP contribution is 2.25. The Balaban J connectivity index is 1.67. The van der Waals surface area contributed by atoms with Crippen LogP contribution in [0.2, 0.25) is 10.0 Å². The minimum atomic E-state index is -0.608. The fourth-order valence-electron chi connectivity index (χ4n) is 2.59. The Kier molecular flexibility index (Phi) is 10.2. The van der Waals surface area contributed by atoms with Crippen molar-refractivity contribution in [3.63, 3.8) is 0 Å². The third-order valence-corrected chi connectivity index (χ3v) is 4.66. The molecule has 0 unspecified atom stereocenters. The van der Waals surface area contributed by atoms with E-state index in [0.717, 1.165) is 0 Å². The van der Waals surface area contributed by atoms with Crippen molar-refractivity contribution in [2.24, 2.45) is 0 Å². The van der Waals surface area contributed by atoms with Crippen molar-refractivity contribution < 1.29 is 28.7 Å². The molecule has 0 heterocycles. The molecule has 8 nitrogen and oxygen atoms in total. The molecule has 0 aliphatic heterocycles. The topological polar surface area (TPSA) is 111 Å². The minimum absolute atomic E-state index is 0.0292. The molecule has 0 spiro atoms. The van der Waals surface area contributed by atoms with Gasteiger partial charge in [-0.25, -0.2) is 4.79 Å². The summed E-state index contributed by atoms with van der Waals surface area (Å²) in [6.07, 6.45) is 0.0693. The number of nitrogens with one attached hydrogen (secondary N) is 2. The van der Waals surface area contributed by atoms with E-state index in [1.807, 2.05) is 0 Å². The molecule has 2 rings (SSSR count). The van der Waals surface area contributed by atoms with Gasteiger partial charge in [-0.15, -0.1) is 0 Å². The summed E-state index contributed by atoms with van der Waals surface area (Å²) in [4.78, 5) is 47.6. The van der Waals surface area contributed by atoms with Crippen LogP contribution in [0.4, 0.5) is 11.4 Å². The van der Waals surface area contributed by atoms with E-state index in [9.17, 15) is 19.2 Å². The second-order valence-corrected chi connectivity index (χ2v) is 8.11. The molecular weight excluding hydrogens is 471 g/mol. The Bertz CT molecular complexity index is 1010. The van der Waals surface area contributed by atoms with Crippen LogP contribution in [-0.4, -0.2) is 36.5 Å². The molecule has 0 radical (unpaired) electrons. The predicted molar refractivity (Wildman–Crippen MR) is 126 cm³/mol. The zero-order chi connectivity index (χ0) is 24.4. The molecular formula is C23H24Cl2N2O6. The summed E-state index contributed by atoms with van der Waals surface area (Å²) in [6.45, 7) is 3.03. The minimum Gasteiger partial charge on any atom is -0.459 e. The number of esters is 2. The number of ether oxygens (including phenoxy) is 2. The van der Waals surface area contributed by atoms with Gasteiger partial charge in [-0.2, -0.15) is 0 Å². The highest BCUT2D eigenvalue weighted by Gasteiger charge is 2.12. The summed E-state index contributed by atoms with van der Waals surface area (Å²) in [7, 11) is 0. The largest absolute Gasteiger partial charge is 0.459 e. The van der Waals surface area contributed by atoms with Crippen molar-refractivity contribution in [1.29, 1.82) is 0 Å². The first-order chi connectivity index (χ1) is 15.6. The third kappa shape index (κ3) is 9.51. The molecule has 0 bridgehead atoms. The van der Waals surface area contributed by atoms with E-state index >= 15 is 0 Å². The second-order valence-electron chi connectivity index (χ2n) is 7.27. The SMILES string of the molecule is CC(C)OC(=O)c1ccc(NC(=O)CCCC(=O)OCC(=O)Nc2cc(Cl)ccc2Cl)cc1. The van der Waals surface area contributed by atoms with Gasteiger partial charge in [-0.1, -0.05) is 23.2 Å². The Morgan fingerprint density at radius 3 is 2.27 bits per heavy atom. The first-order valence-corrected chi connectivity index (χ1v) is 10.9. The number of hydrogen-bond donors (Lipinski definition) is 2. The van der Waals surface area contributed by atoms with Gasteiger partial charge in [-0.05, 0) is 62.7 Å². The lowest BCUT2D eigenvalue weighted by Gasteiger charge is -2.09. The van der Waals surface area contributed by atoms with E-state index in [1.54, 1.807) is 44.2 Å². The molecule has 2 amide bonds. The molecule has 0 saturated heterocycles. The van der Waals surface area contributed by atoms with Crippen LogP contribution in [-0.2, 0) is 23.9 Å². The fourth-order valence-corrected chi connectivity index (χ4v) is 2.92. The van der Waals surface area contributed by atoms with Gasteiger partial charge < -0.3 is 20.1 Å². The molecule has 176 valence electrons. The lowest BCUT2D eigenvalue weighted by atomic mass is 10.2. The number of carbonyl (C=O) groups is 4. The predicted octanol–water partition coefficient (Wildman–Crippen LogP) is 4.85. The number of amides is 2. The van der Waals surface area contributed by atoms with Crippen LogP contribution in [0.15, 0.2) is 42.5 Å². The van der Waals surface area contributed by atoms with E-state index in [4.69, 9.17) is 32.7 Å². The maximum atomic E-state index is 12.0. The van der Waals surface area contributed by atoms with E-state index in [1.165, 1.54) is 12.1 Å². The van der Waals surface area contributed by atoms with Gasteiger partial charge in [0.15, 0.2) is 6.61 Å². The number of carbonyl (C=O) groups excluding carboxylic acids is 4. The molecule has 33 heavy (non-hydrogen) atoms.